The molecule has 0 radical (unpaired) electrons. The fourth-order valence-electron chi connectivity index (χ4n) is 1.92. The number of halogens is 2. The monoisotopic (exact) mass is 348 g/mol. The van der Waals surface area contributed by atoms with Gasteiger partial charge in [-0.3, -0.25) is 4.79 Å². The minimum absolute atomic E-state index is 0.00502. The van der Waals surface area contributed by atoms with Crippen LogP contribution in [0.2, 0.25) is 10.0 Å². The number of morpholine rings is 1. The molecule has 1 amide bonds. The summed E-state index contributed by atoms with van der Waals surface area (Å²) >= 11 is 11.8. The number of carbonyl (C=O) groups excluding carboxylic acids is 1. The summed E-state index contributed by atoms with van der Waals surface area (Å²) in [7, 11) is 0. The van der Waals surface area contributed by atoms with Crippen LogP contribution in [-0.4, -0.2) is 56.1 Å². The van der Waals surface area contributed by atoms with Gasteiger partial charge in [0.15, 0.2) is 0 Å². The Labute approximate surface area is 138 Å². The number of rotatable bonds is 6. The van der Waals surface area contributed by atoms with Crippen molar-refractivity contribution in [1.29, 1.82) is 0 Å². The van der Waals surface area contributed by atoms with E-state index in [4.69, 9.17) is 32.7 Å². The molecule has 2 unspecified atom stereocenters. The molecular weight excluding hydrogens is 331 g/mol. The zero-order chi connectivity index (χ0) is 15.9. The Hall–Kier alpha value is -1.05. The van der Waals surface area contributed by atoms with Gasteiger partial charge in [0.05, 0.1) is 18.2 Å². The van der Waals surface area contributed by atoms with Gasteiger partial charge in [0.1, 0.15) is 29.5 Å². The topological polar surface area (TPSA) is 79.8 Å². The van der Waals surface area contributed by atoms with Gasteiger partial charge in [0.25, 0.3) is 0 Å². The van der Waals surface area contributed by atoms with E-state index >= 15 is 0 Å². The van der Waals surface area contributed by atoms with Crippen molar-refractivity contribution in [2.75, 3.05) is 32.9 Å². The Balaban J connectivity index is 1.72. The lowest BCUT2D eigenvalue weighted by atomic mass is 10.2. The number of aliphatic hydroxyl groups excluding tert-OH is 1. The van der Waals surface area contributed by atoms with Crippen LogP contribution in [0, 0.1) is 0 Å². The van der Waals surface area contributed by atoms with Crippen LogP contribution in [0.15, 0.2) is 18.2 Å². The molecule has 2 atom stereocenters. The highest BCUT2D eigenvalue weighted by molar-refractivity contribution is 6.42. The lowest BCUT2D eigenvalue weighted by Gasteiger charge is -2.23. The molecule has 1 aromatic carbocycles. The second kappa shape index (κ2) is 8.55. The molecule has 1 heterocycles. The van der Waals surface area contributed by atoms with Gasteiger partial charge in [-0.15, -0.1) is 0 Å². The van der Waals surface area contributed by atoms with Crippen LogP contribution in [0.1, 0.15) is 0 Å². The molecule has 122 valence electrons. The minimum Gasteiger partial charge on any atom is -0.489 e. The number of nitrogens with one attached hydrogen (secondary N) is 2. The fourth-order valence-corrected chi connectivity index (χ4v) is 2.26. The highest BCUT2D eigenvalue weighted by Gasteiger charge is 2.21. The molecule has 0 saturated carbocycles. The summed E-state index contributed by atoms with van der Waals surface area (Å²) in [6, 6.07) is 4.62. The third-order valence-corrected chi connectivity index (χ3v) is 3.90. The second-order valence-corrected chi connectivity index (χ2v) is 5.63. The molecule has 1 fully saturated rings. The average Bonchev–Trinajstić information content (AvgIpc) is 2.54. The first-order valence-electron chi connectivity index (χ1n) is 6.91. The van der Waals surface area contributed by atoms with Crippen molar-refractivity contribution < 1.29 is 19.4 Å². The summed E-state index contributed by atoms with van der Waals surface area (Å²) in [4.78, 5) is 11.8. The van der Waals surface area contributed by atoms with E-state index in [9.17, 15) is 9.90 Å². The lowest BCUT2D eigenvalue weighted by Crippen LogP contribution is -2.52. The first-order valence-corrected chi connectivity index (χ1v) is 7.67. The van der Waals surface area contributed by atoms with Gasteiger partial charge in [0.2, 0.25) is 5.91 Å². The van der Waals surface area contributed by atoms with E-state index in [2.05, 4.69) is 10.6 Å². The van der Waals surface area contributed by atoms with Gasteiger partial charge in [-0.2, -0.15) is 0 Å². The van der Waals surface area contributed by atoms with E-state index < -0.39 is 6.10 Å². The van der Waals surface area contributed by atoms with E-state index in [1.165, 1.54) is 0 Å². The predicted octanol–water partition coefficient (Wildman–Crippen LogP) is 0.838. The van der Waals surface area contributed by atoms with Crippen LogP contribution in [0.3, 0.4) is 0 Å². The standard InChI is InChI=1S/C14H18Cl2N2O4/c15-10-2-1-3-12(13(10)16)22-7-9(19)6-18-14(20)11-8-21-5-4-17-11/h1-3,9,11,17,19H,4-8H2,(H,18,20). The second-order valence-electron chi connectivity index (χ2n) is 4.84. The molecule has 1 saturated heterocycles. The van der Waals surface area contributed by atoms with Crippen LogP contribution >= 0.6 is 23.2 Å². The molecule has 0 spiro atoms. The number of benzene rings is 1. The normalized spacial score (nSPS) is 19.5. The third kappa shape index (κ3) is 5.00. The number of ether oxygens (including phenoxy) is 2. The summed E-state index contributed by atoms with van der Waals surface area (Å²) in [5, 5.41) is 16.2. The molecule has 6 nitrogen and oxygen atoms in total. The Kier molecular flexibility index (Phi) is 6.72. The van der Waals surface area contributed by atoms with Gasteiger partial charge in [-0.25, -0.2) is 0 Å². The van der Waals surface area contributed by atoms with E-state index in [0.29, 0.717) is 35.6 Å². The van der Waals surface area contributed by atoms with Crippen LogP contribution < -0.4 is 15.4 Å². The Morgan fingerprint density at radius 3 is 3.09 bits per heavy atom. The summed E-state index contributed by atoms with van der Waals surface area (Å²) in [5.74, 6) is 0.182. The maximum absolute atomic E-state index is 11.8. The lowest BCUT2D eigenvalue weighted by molar-refractivity contribution is -0.126. The molecule has 0 aromatic heterocycles. The summed E-state index contributed by atoms with van der Waals surface area (Å²) < 4.78 is 10.6. The molecule has 0 aliphatic carbocycles. The number of aliphatic hydroxyl groups is 1. The number of carbonyl (C=O) groups is 1. The first-order chi connectivity index (χ1) is 10.6. The summed E-state index contributed by atoms with van der Waals surface area (Å²) in [6.45, 7) is 1.64. The van der Waals surface area contributed by atoms with Crippen LogP contribution in [-0.2, 0) is 9.53 Å². The van der Waals surface area contributed by atoms with E-state index in [-0.39, 0.29) is 25.1 Å². The molecule has 0 bridgehead atoms. The molecule has 3 N–H and O–H groups in total. The Morgan fingerprint density at radius 2 is 2.36 bits per heavy atom. The van der Waals surface area contributed by atoms with Gasteiger partial charge in [-0.1, -0.05) is 29.3 Å². The van der Waals surface area contributed by atoms with E-state index in [1.54, 1.807) is 18.2 Å². The molecule has 8 heteroatoms. The fraction of sp³-hybridized carbons (Fsp3) is 0.500. The Bertz CT molecular complexity index is 510. The average molecular weight is 349 g/mol. The SMILES string of the molecule is O=C(NCC(O)COc1cccc(Cl)c1Cl)C1COCCN1. The molecule has 22 heavy (non-hydrogen) atoms. The zero-order valence-electron chi connectivity index (χ0n) is 11.9. The first kappa shape index (κ1) is 17.3. The molecule has 1 aliphatic heterocycles. The smallest absolute Gasteiger partial charge is 0.239 e. The van der Waals surface area contributed by atoms with Crippen LogP contribution in [0.5, 0.6) is 5.75 Å². The maximum Gasteiger partial charge on any atom is 0.239 e. The van der Waals surface area contributed by atoms with Crippen molar-refractivity contribution in [2.24, 2.45) is 0 Å². The van der Waals surface area contributed by atoms with Crippen molar-refractivity contribution in [1.82, 2.24) is 10.6 Å². The van der Waals surface area contributed by atoms with Crippen molar-refractivity contribution in [3.63, 3.8) is 0 Å². The Morgan fingerprint density at radius 1 is 1.55 bits per heavy atom. The third-order valence-electron chi connectivity index (χ3n) is 3.10. The predicted molar refractivity (Wildman–Crippen MR) is 83.6 cm³/mol. The molecule has 1 aromatic rings. The largest absolute Gasteiger partial charge is 0.489 e. The molecular formula is C14H18Cl2N2O4. The summed E-state index contributed by atoms with van der Waals surface area (Å²) in [5.41, 5.74) is 0. The minimum atomic E-state index is -0.858. The van der Waals surface area contributed by atoms with Gasteiger partial charge >= 0.3 is 0 Å². The van der Waals surface area contributed by atoms with E-state index in [0.717, 1.165) is 0 Å². The molecule has 1 aliphatic rings. The van der Waals surface area contributed by atoms with Gasteiger partial charge < -0.3 is 25.2 Å². The van der Waals surface area contributed by atoms with Crippen LogP contribution in [0.4, 0.5) is 0 Å². The van der Waals surface area contributed by atoms with Gasteiger partial charge in [0, 0.05) is 13.1 Å². The van der Waals surface area contributed by atoms with Crippen molar-refractivity contribution in [2.45, 2.75) is 12.1 Å². The number of hydrogen-bond donors (Lipinski definition) is 3. The van der Waals surface area contributed by atoms with Gasteiger partial charge in [-0.05, 0) is 12.1 Å². The number of amides is 1. The zero-order valence-corrected chi connectivity index (χ0v) is 13.4. The quantitative estimate of drug-likeness (QED) is 0.709. The van der Waals surface area contributed by atoms with Crippen molar-refractivity contribution >= 4 is 29.1 Å². The van der Waals surface area contributed by atoms with Crippen molar-refractivity contribution in [3.8, 4) is 5.75 Å². The highest BCUT2D eigenvalue weighted by atomic mass is 35.5. The number of hydrogen-bond acceptors (Lipinski definition) is 5. The highest BCUT2D eigenvalue weighted by Crippen LogP contribution is 2.31. The van der Waals surface area contributed by atoms with Crippen LogP contribution in [0.25, 0.3) is 0 Å². The maximum atomic E-state index is 11.8. The van der Waals surface area contributed by atoms with E-state index in [1.807, 2.05) is 0 Å². The summed E-state index contributed by atoms with van der Waals surface area (Å²) in [6.07, 6.45) is -0.858. The molecule has 2 rings (SSSR count). The van der Waals surface area contributed by atoms with Crippen molar-refractivity contribution in [3.05, 3.63) is 28.2 Å².